The molecule has 20 heavy (non-hydrogen) atoms. The van der Waals surface area contributed by atoms with Gasteiger partial charge in [-0.2, -0.15) is 0 Å². The van der Waals surface area contributed by atoms with Gasteiger partial charge in [-0.25, -0.2) is 13.1 Å². The number of nitrogen functional groups attached to an aromatic ring is 1. The Bertz CT molecular complexity index is 633. The van der Waals surface area contributed by atoms with Gasteiger partial charge in [-0.15, -0.1) is 12.3 Å². The molecule has 0 bridgehead atoms. The van der Waals surface area contributed by atoms with Crippen molar-refractivity contribution in [1.82, 2.24) is 4.72 Å². The molecule has 108 valence electrons. The highest BCUT2D eigenvalue weighted by Crippen LogP contribution is 2.34. The van der Waals surface area contributed by atoms with E-state index in [0.717, 1.165) is 18.4 Å². The van der Waals surface area contributed by atoms with Gasteiger partial charge in [-0.05, 0) is 37.0 Å². The molecule has 0 saturated heterocycles. The molecule has 5 nitrogen and oxygen atoms in total. The predicted molar refractivity (Wildman–Crippen MR) is 77.9 cm³/mol. The number of ether oxygens (including phenoxy) is 1. The van der Waals surface area contributed by atoms with Crippen molar-refractivity contribution in [1.29, 1.82) is 0 Å². The van der Waals surface area contributed by atoms with Gasteiger partial charge < -0.3 is 10.5 Å². The maximum atomic E-state index is 12.3. The number of hydrogen-bond donors (Lipinski definition) is 2. The third kappa shape index (κ3) is 3.24. The topological polar surface area (TPSA) is 81.4 Å². The largest absolute Gasteiger partial charge is 0.492 e. The first-order valence-corrected chi connectivity index (χ1v) is 8.01. The van der Waals surface area contributed by atoms with Crippen LogP contribution in [0, 0.1) is 12.3 Å². The summed E-state index contributed by atoms with van der Waals surface area (Å²) < 4.78 is 32.7. The predicted octanol–water partition coefficient (Wildman–Crippen LogP) is 1.29. The summed E-state index contributed by atoms with van der Waals surface area (Å²) in [6.45, 7) is 0.826. The maximum Gasteiger partial charge on any atom is 0.244 e. The summed E-state index contributed by atoms with van der Waals surface area (Å²) in [7, 11) is -3.63. The standard InChI is InChI=1S/C14H18N2O3S/c1-2-3-4-7-16-20(17,18)13-10-12(15)9-11-6-5-8-19-14(11)13/h1,9-10,16H,3-8,15H2. The van der Waals surface area contributed by atoms with Crippen LogP contribution < -0.4 is 15.2 Å². The molecule has 0 unspecified atom stereocenters. The van der Waals surface area contributed by atoms with Crippen LogP contribution in [-0.2, 0) is 16.4 Å². The Morgan fingerprint density at radius 2 is 2.25 bits per heavy atom. The van der Waals surface area contributed by atoms with Gasteiger partial charge in [0.2, 0.25) is 10.0 Å². The number of nitrogens with two attached hydrogens (primary N) is 1. The molecule has 0 aromatic heterocycles. The molecule has 0 saturated carbocycles. The second-order valence-corrected chi connectivity index (χ2v) is 6.40. The molecule has 0 radical (unpaired) electrons. The van der Waals surface area contributed by atoms with E-state index in [0.29, 0.717) is 37.4 Å². The molecule has 1 aromatic carbocycles. The van der Waals surface area contributed by atoms with Crippen LogP contribution in [0.1, 0.15) is 24.8 Å². The zero-order valence-electron chi connectivity index (χ0n) is 11.2. The number of rotatable bonds is 5. The molecule has 1 heterocycles. The van der Waals surface area contributed by atoms with Crippen LogP contribution in [0.4, 0.5) is 5.69 Å². The van der Waals surface area contributed by atoms with Gasteiger partial charge in [-0.3, -0.25) is 0 Å². The number of hydrogen-bond acceptors (Lipinski definition) is 4. The molecule has 0 aliphatic carbocycles. The number of nitrogens with one attached hydrogen (secondary N) is 1. The molecule has 1 aromatic rings. The first-order valence-electron chi connectivity index (χ1n) is 6.53. The minimum Gasteiger partial charge on any atom is -0.492 e. The Labute approximate surface area is 119 Å². The fourth-order valence-corrected chi connectivity index (χ4v) is 3.44. The summed E-state index contributed by atoms with van der Waals surface area (Å²) in [5, 5.41) is 0. The number of unbranched alkanes of at least 4 members (excludes halogenated alkanes) is 1. The Hall–Kier alpha value is -1.71. The SMILES string of the molecule is C#CCCCNS(=O)(=O)c1cc(N)cc2c1OCCC2. The number of anilines is 1. The van der Waals surface area contributed by atoms with Crippen molar-refractivity contribution in [3.8, 4) is 18.1 Å². The van der Waals surface area contributed by atoms with Crippen LogP contribution in [0.2, 0.25) is 0 Å². The quantitative estimate of drug-likeness (QED) is 0.487. The van der Waals surface area contributed by atoms with E-state index in [9.17, 15) is 8.42 Å². The lowest BCUT2D eigenvalue weighted by atomic mass is 10.1. The second-order valence-electron chi connectivity index (χ2n) is 4.66. The molecule has 0 fully saturated rings. The lowest BCUT2D eigenvalue weighted by Gasteiger charge is -2.21. The molecule has 2 rings (SSSR count). The first kappa shape index (κ1) is 14.7. The highest BCUT2D eigenvalue weighted by atomic mass is 32.2. The van der Waals surface area contributed by atoms with Crippen LogP contribution in [0.15, 0.2) is 17.0 Å². The summed E-state index contributed by atoms with van der Waals surface area (Å²) in [4.78, 5) is 0.118. The molecule has 3 N–H and O–H groups in total. The summed E-state index contributed by atoms with van der Waals surface area (Å²) >= 11 is 0. The van der Waals surface area contributed by atoms with E-state index < -0.39 is 10.0 Å². The molecule has 1 aliphatic heterocycles. The Morgan fingerprint density at radius 3 is 3.00 bits per heavy atom. The van der Waals surface area contributed by atoms with Gasteiger partial charge in [0.25, 0.3) is 0 Å². The van der Waals surface area contributed by atoms with Crippen molar-refractivity contribution in [3.63, 3.8) is 0 Å². The third-order valence-electron chi connectivity index (χ3n) is 3.07. The van der Waals surface area contributed by atoms with E-state index in [1.807, 2.05) is 0 Å². The zero-order chi connectivity index (χ0) is 14.6. The Morgan fingerprint density at radius 1 is 1.45 bits per heavy atom. The van der Waals surface area contributed by atoms with Gasteiger partial charge in [0.05, 0.1) is 6.61 Å². The molecule has 1 aliphatic rings. The monoisotopic (exact) mass is 294 g/mol. The summed E-state index contributed by atoms with van der Waals surface area (Å²) in [6, 6.07) is 3.21. The molecule has 0 spiro atoms. The molecule has 6 heteroatoms. The highest BCUT2D eigenvalue weighted by Gasteiger charge is 2.24. The second kappa shape index (κ2) is 6.16. The fourth-order valence-electron chi connectivity index (χ4n) is 2.14. The fraction of sp³-hybridized carbons (Fsp3) is 0.429. The normalized spacial score (nSPS) is 14.2. The van der Waals surface area contributed by atoms with Gasteiger partial charge in [-0.1, -0.05) is 0 Å². The van der Waals surface area contributed by atoms with Crippen molar-refractivity contribution in [2.75, 3.05) is 18.9 Å². The lowest BCUT2D eigenvalue weighted by molar-refractivity contribution is 0.280. The maximum absolute atomic E-state index is 12.3. The van der Waals surface area contributed by atoms with Crippen LogP contribution >= 0.6 is 0 Å². The average molecular weight is 294 g/mol. The number of terminal acetylenes is 1. The van der Waals surface area contributed by atoms with Crippen LogP contribution in [0.5, 0.6) is 5.75 Å². The van der Waals surface area contributed by atoms with E-state index >= 15 is 0 Å². The van der Waals surface area contributed by atoms with Crippen LogP contribution in [-0.4, -0.2) is 21.6 Å². The minimum absolute atomic E-state index is 0.118. The number of aryl methyl sites for hydroxylation is 1. The van der Waals surface area contributed by atoms with Crippen LogP contribution in [0.25, 0.3) is 0 Å². The Kier molecular flexibility index (Phi) is 4.53. The number of sulfonamides is 1. The van der Waals surface area contributed by atoms with Gasteiger partial charge in [0.15, 0.2) is 0 Å². The molecule has 0 amide bonds. The van der Waals surface area contributed by atoms with Gasteiger partial charge >= 0.3 is 0 Å². The number of fused-ring (bicyclic) bond motifs is 1. The average Bonchev–Trinajstić information content (AvgIpc) is 2.42. The summed E-state index contributed by atoms with van der Waals surface area (Å²) in [6.07, 6.45) is 7.92. The number of benzene rings is 1. The molecular weight excluding hydrogens is 276 g/mol. The van der Waals surface area contributed by atoms with E-state index in [2.05, 4.69) is 10.6 Å². The highest BCUT2D eigenvalue weighted by molar-refractivity contribution is 7.89. The van der Waals surface area contributed by atoms with E-state index in [4.69, 9.17) is 16.9 Å². The third-order valence-corrected chi connectivity index (χ3v) is 4.54. The minimum atomic E-state index is -3.63. The van der Waals surface area contributed by atoms with Crippen molar-refractivity contribution in [3.05, 3.63) is 17.7 Å². The van der Waals surface area contributed by atoms with E-state index in [1.54, 1.807) is 6.07 Å². The molecular formula is C14H18N2O3S. The Balaban J connectivity index is 2.27. The van der Waals surface area contributed by atoms with E-state index in [-0.39, 0.29) is 4.90 Å². The smallest absolute Gasteiger partial charge is 0.244 e. The zero-order valence-corrected chi connectivity index (χ0v) is 12.0. The van der Waals surface area contributed by atoms with Gasteiger partial charge in [0.1, 0.15) is 10.6 Å². The van der Waals surface area contributed by atoms with Crippen molar-refractivity contribution >= 4 is 15.7 Å². The first-order chi connectivity index (χ1) is 9.54. The van der Waals surface area contributed by atoms with Crippen LogP contribution in [0.3, 0.4) is 0 Å². The van der Waals surface area contributed by atoms with E-state index in [1.165, 1.54) is 6.07 Å². The summed E-state index contributed by atoms with van der Waals surface area (Å²) in [5.41, 5.74) is 7.06. The van der Waals surface area contributed by atoms with Gasteiger partial charge in [0, 0.05) is 18.7 Å². The van der Waals surface area contributed by atoms with Crippen molar-refractivity contribution < 1.29 is 13.2 Å². The lowest BCUT2D eigenvalue weighted by Crippen LogP contribution is -2.26. The molecule has 0 atom stereocenters. The van der Waals surface area contributed by atoms with Crippen molar-refractivity contribution in [2.45, 2.75) is 30.6 Å². The van der Waals surface area contributed by atoms with Crippen molar-refractivity contribution in [2.24, 2.45) is 0 Å². The summed E-state index contributed by atoms with van der Waals surface area (Å²) in [5.74, 6) is 2.90.